The molecule has 0 aromatic heterocycles. The van der Waals surface area contributed by atoms with Gasteiger partial charge in [-0.3, -0.25) is 0 Å². The summed E-state index contributed by atoms with van der Waals surface area (Å²) in [6, 6.07) is 0. The molecule has 0 rings (SSSR count). The summed E-state index contributed by atoms with van der Waals surface area (Å²) in [4.78, 5) is 0. The van der Waals surface area contributed by atoms with Gasteiger partial charge in [0.05, 0.1) is 5.60 Å². The van der Waals surface area contributed by atoms with E-state index in [4.69, 9.17) is 4.74 Å². The molecule has 80 valence electrons. The van der Waals surface area contributed by atoms with Crippen molar-refractivity contribution in [2.75, 3.05) is 7.11 Å². The predicted octanol–water partition coefficient (Wildman–Crippen LogP) is 4.16. The first kappa shape index (κ1) is 13.0. The van der Waals surface area contributed by atoms with Gasteiger partial charge in [-0.1, -0.05) is 46.5 Å². The Kier molecular flexibility index (Phi) is 7.35. The average Bonchev–Trinajstić information content (AvgIpc) is 2.20. The lowest BCUT2D eigenvalue weighted by atomic mass is 9.88. The summed E-state index contributed by atoms with van der Waals surface area (Å²) in [5, 5.41) is 0. The first-order valence-corrected chi connectivity index (χ1v) is 5.79. The molecule has 0 N–H and O–H groups in total. The van der Waals surface area contributed by atoms with Crippen molar-refractivity contribution in [3.63, 3.8) is 0 Å². The summed E-state index contributed by atoms with van der Waals surface area (Å²) in [5.41, 5.74) is 0.187. The fourth-order valence-corrected chi connectivity index (χ4v) is 1.82. The molecule has 0 aromatic carbocycles. The van der Waals surface area contributed by atoms with Gasteiger partial charge in [0.1, 0.15) is 0 Å². The minimum absolute atomic E-state index is 0.187. The van der Waals surface area contributed by atoms with E-state index in [9.17, 15) is 0 Å². The lowest BCUT2D eigenvalue weighted by Crippen LogP contribution is -2.30. The van der Waals surface area contributed by atoms with Crippen LogP contribution in [-0.2, 0) is 4.74 Å². The lowest BCUT2D eigenvalue weighted by Gasteiger charge is -2.31. The SMILES string of the molecule is CCCCC(CC)(CCCC)OC. The molecule has 0 saturated heterocycles. The van der Waals surface area contributed by atoms with Gasteiger partial charge in [-0.05, 0) is 19.3 Å². The van der Waals surface area contributed by atoms with Gasteiger partial charge < -0.3 is 4.74 Å². The maximum atomic E-state index is 5.69. The second kappa shape index (κ2) is 7.37. The van der Waals surface area contributed by atoms with Crippen molar-refractivity contribution in [3.05, 3.63) is 0 Å². The molecule has 1 heteroatoms. The Hall–Kier alpha value is -0.0400. The molecule has 0 unspecified atom stereocenters. The van der Waals surface area contributed by atoms with Crippen LogP contribution in [0.15, 0.2) is 0 Å². The molecule has 0 amide bonds. The van der Waals surface area contributed by atoms with E-state index < -0.39 is 0 Å². The lowest BCUT2D eigenvalue weighted by molar-refractivity contribution is -0.0305. The number of methoxy groups -OCH3 is 1. The predicted molar refractivity (Wildman–Crippen MR) is 59.1 cm³/mol. The zero-order chi connectivity index (χ0) is 10.2. The summed E-state index contributed by atoms with van der Waals surface area (Å²) in [7, 11) is 1.87. The van der Waals surface area contributed by atoms with E-state index >= 15 is 0 Å². The van der Waals surface area contributed by atoms with Crippen molar-refractivity contribution in [2.24, 2.45) is 0 Å². The summed E-state index contributed by atoms with van der Waals surface area (Å²) < 4.78 is 5.69. The molecule has 0 heterocycles. The first-order valence-electron chi connectivity index (χ1n) is 5.79. The van der Waals surface area contributed by atoms with Gasteiger partial charge in [-0.25, -0.2) is 0 Å². The topological polar surface area (TPSA) is 9.23 Å². The largest absolute Gasteiger partial charge is 0.378 e. The number of hydrogen-bond acceptors (Lipinski definition) is 1. The fraction of sp³-hybridized carbons (Fsp3) is 1.00. The number of ether oxygens (including phenoxy) is 1. The molecule has 0 radical (unpaired) electrons. The third-order valence-corrected chi connectivity index (χ3v) is 3.05. The quantitative estimate of drug-likeness (QED) is 0.553. The number of hydrogen-bond donors (Lipinski definition) is 0. The summed E-state index contributed by atoms with van der Waals surface area (Å²) in [5.74, 6) is 0. The molecule has 0 bridgehead atoms. The van der Waals surface area contributed by atoms with Gasteiger partial charge in [0.2, 0.25) is 0 Å². The summed E-state index contributed by atoms with van der Waals surface area (Å²) in [6.45, 7) is 6.74. The van der Waals surface area contributed by atoms with Crippen molar-refractivity contribution in [2.45, 2.75) is 71.3 Å². The van der Waals surface area contributed by atoms with Crippen LogP contribution in [0.2, 0.25) is 0 Å². The molecule has 0 aliphatic carbocycles. The zero-order valence-electron chi connectivity index (χ0n) is 9.86. The van der Waals surface area contributed by atoms with Gasteiger partial charge in [0.15, 0.2) is 0 Å². The van der Waals surface area contributed by atoms with Crippen molar-refractivity contribution in [1.82, 2.24) is 0 Å². The Balaban J connectivity index is 3.97. The van der Waals surface area contributed by atoms with Crippen LogP contribution < -0.4 is 0 Å². The first-order chi connectivity index (χ1) is 6.24. The van der Waals surface area contributed by atoms with E-state index in [1.807, 2.05) is 7.11 Å². The fourth-order valence-electron chi connectivity index (χ4n) is 1.82. The van der Waals surface area contributed by atoms with Crippen molar-refractivity contribution in [1.29, 1.82) is 0 Å². The molecule has 13 heavy (non-hydrogen) atoms. The maximum absolute atomic E-state index is 5.69. The molecule has 0 aromatic rings. The van der Waals surface area contributed by atoms with Gasteiger partial charge in [-0.2, -0.15) is 0 Å². The minimum atomic E-state index is 0.187. The third-order valence-electron chi connectivity index (χ3n) is 3.05. The Morgan fingerprint density at radius 1 is 0.923 bits per heavy atom. The van der Waals surface area contributed by atoms with E-state index in [1.165, 1.54) is 38.5 Å². The van der Waals surface area contributed by atoms with Crippen LogP contribution in [0.25, 0.3) is 0 Å². The standard InChI is InChI=1S/C12H26O/c1-5-8-10-12(7-3,13-4)11-9-6-2/h5-11H2,1-4H3. The summed E-state index contributed by atoms with van der Waals surface area (Å²) >= 11 is 0. The molecule has 0 fully saturated rings. The highest BCUT2D eigenvalue weighted by atomic mass is 16.5. The highest BCUT2D eigenvalue weighted by Crippen LogP contribution is 2.28. The van der Waals surface area contributed by atoms with Crippen LogP contribution in [0.5, 0.6) is 0 Å². The monoisotopic (exact) mass is 186 g/mol. The molecule has 0 saturated carbocycles. The minimum Gasteiger partial charge on any atom is -0.378 e. The number of rotatable bonds is 8. The van der Waals surface area contributed by atoms with Crippen LogP contribution in [0, 0.1) is 0 Å². The van der Waals surface area contributed by atoms with E-state index in [0.717, 1.165) is 6.42 Å². The van der Waals surface area contributed by atoms with E-state index in [1.54, 1.807) is 0 Å². The van der Waals surface area contributed by atoms with Crippen molar-refractivity contribution in [3.8, 4) is 0 Å². The molecule has 0 aliphatic heterocycles. The normalized spacial score (nSPS) is 12.0. The maximum Gasteiger partial charge on any atom is 0.0676 e. The van der Waals surface area contributed by atoms with Crippen molar-refractivity contribution < 1.29 is 4.74 Å². The molecular formula is C12H26O. The van der Waals surface area contributed by atoms with Crippen LogP contribution >= 0.6 is 0 Å². The van der Waals surface area contributed by atoms with Gasteiger partial charge in [0, 0.05) is 7.11 Å². The van der Waals surface area contributed by atoms with Crippen LogP contribution in [0.1, 0.15) is 65.7 Å². The van der Waals surface area contributed by atoms with Gasteiger partial charge >= 0.3 is 0 Å². The highest BCUT2D eigenvalue weighted by molar-refractivity contribution is 4.78. The van der Waals surface area contributed by atoms with Gasteiger partial charge in [-0.15, -0.1) is 0 Å². The van der Waals surface area contributed by atoms with Crippen LogP contribution in [0.4, 0.5) is 0 Å². The smallest absolute Gasteiger partial charge is 0.0676 e. The summed E-state index contributed by atoms with van der Waals surface area (Å²) in [6.07, 6.45) is 8.77. The third kappa shape index (κ3) is 4.66. The number of unbranched alkanes of at least 4 members (excludes halogenated alkanes) is 2. The molecule has 0 atom stereocenters. The Morgan fingerprint density at radius 2 is 1.38 bits per heavy atom. The van der Waals surface area contributed by atoms with Crippen molar-refractivity contribution >= 4 is 0 Å². The molecule has 0 aliphatic rings. The Bertz CT molecular complexity index is 95.7. The molecule has 1 nitrogen and oxygen atoms in total. The Labute approximate surface area is 83.9 Å². The van der Waals surface area contributed by atoms with Gasteiger partial charge in [0.25, 0.3) is 0 Å². The molecule has 0 spiro atoms. The van der Waals surface area contributed by atoms with E-state index in [2.05, 4.69) is 20.8 Å². The van der Waals surface area contributed by atoms with E-state index in [-0.39, 0.29) is 5.60 Å². The average molecular weight is 186 g/mol. The second-order valence-corrected chi connectivity index (χ2v) is 3.95. The van der Waals surface area contributed by atoms with Crippen LogP contribution in [-0.4, -0.2) is 12.7 Å². The van der Waals surface area contributed by atoms with Crippen LogP contribution in [0.3, 0.4) is 0 Å². The molecular weight excluding hydrogens is 160 g/mol. The van der Waals surface area contributed by atoms with E-state index in [0.29, 0.717) is 0 Å². The Morgan fingerprint density at radius 3 is 1.62 bits per heavy atom. The second-order valence-electron chi connectivity index (χ2n) is 3.95. The zero-order valence-corrected chi connectivity index (χ0v) is 9.86. The highest BCUT2D eigenvalue weighted by Gasteiger charge is 2.25.